The summed E-state index contributed by atoms with van der Waals surface area (Å²) in [6.45, 7) is 2.60. The highest BCUT2D eigenvalue weighted by molar-refractivity contribution is 5.72. The molecule has 1 aromatic carbocycles. The van der Waals surface area contributed by atoms with Crippen LogP contribution < -0.4 is 0 Å². The zero-order valence-electron chi connectivity index (χ0n) is 12.4. The molecule has 21 heavy (non-hydrogen) atoms. The third kappa shape index (κ3) is 6.16. The maximum atomic E-state index is 12.6. The molecule has 0 saturated carbocycles. The van der Waals surface area contributed by atoms with Crippen molar-refractivity contribution in [3.05, 3.63) is 35.4 Å². The molecule has 0 saturated heterocycles. The summed E-state index contributed by atoms with van der Waals surface area (Å²) in [4.78, 5) is 12.7. The van der Waals surface area contributed by atoms with Gasteiger partial charge in [-0.2, -0.15) is 13.2 Å². The van der Waals surface area contributed by atoms with Gasteiger partial charge in [-0.25, -0.2) is 0 Å². The van der Waals surface area contributed by atoms with Crippen molar-refractivity contribution in [1.29, 1.82) is 0 Å². The Bertz CT molecular complexity index is 472. The normalized spacial score (nSPS) is 12.0. The van der Waals surface area contributed by atoms with E-state index in [9.17, 15) is 18.0 Å². The van der Waals surface area contributed by atoms with Gasteiger partial charge in [-0.15, -0.1) is 0 Å². The molecule has 0 N–H and O–H groups in total. The van der Waals surface area contributed by atoms with Crippen LogP contribution in [0.1, 0.15) is 25.0 Å². The van der Waals surface area contributed by atoms with E-state index >= 15 is 0 Å². The number of carbonyl (C=O) groups excluding carboxylic acids is 1. The zero-order chi connectivity index (χ0) is 16.0. The van der Waals surface area contributed by atoms with Crippen LogP contribution >= 0.6 is 0 Å². The van der Waals surface area contributed by atoms with Crippen molar-refractivity contribution in [2.24, 2.45) is 0 Å². The molecule has 0 aliphatic rings. The van der Waals surface area contributed by atoms with Crippen LogP contribution in [0.3, 0.4) is 0 Å². The summed E-state index contributed by atoms with van der Waals surface area (Å²) in [5, 5.41) is 0. The molecule has 0 fully saturated rings. The number of hydrogen-bond acceptors (Lipinski definition) is 3. The highest BCUT2D eigenvalue weighted by Gasteiger charge is 2.32. The van der Waals surface area contributed by atoms with E-state index < -0.39 is 18.7 Å². The van der Waals surface area contributed by atoms with Crippen molar-refractivity contribution in [2.45, 2.75) is 39.0 Å². The van der Waals surface area contributed by atoms with Crippen LogP contribution in [-0.4, -0.2) is 36.7 Å². The van der Waals surface area contributed by atoms with E-state index in [1.807, 2.05) is 0 Å². The molecule has 0 aliphatic heterocycles. The first-order valence-electron chi connectivity index (χ1n) is 6.67. The second-order valence-corrected chi connectivity index (χ2v) is 5.14. The fourth-order valence-electron chi connectivity index (χ4n) is 1.98. The number of alkyl halides is 3. The number of methoxy groups -OCH3 is 1. The fourth-order valence-corrected chi connectivity index (χ4v) is 1.98. The Balaban J connectivity index is 2.91. The van der Waals surface area contributed by atoms with E-state index in [0.29, 0.717) is 11.1 Å². The molecule has 6 heteroatoms. The summed E-state index contributed by atoms with van der Waals surface area (Å²) < 4.78 is 42.5. The highest BCUT2D eigenvalue weighted by atomic mass is 19.4. The van der Waals surface area contributed by atoms with E-state index in [-0.39, 0.29) is 19.0 Å². The molecule has 0 aliphatic carbocycles. The van der Waals surface area contributed by atoms with E-state index in [0.717, 1.165) is 0 Å². The summed E-state index contributed by atoms with van der Waals surface area (Å²) in [6.07, 6.45) is -4.19. The molecule has 0 radical (unpaired) electrons. The van der Waals surface area contributed by atoms with Gasteiger partial charge in [-0.3, -0.25) is 9.69 Å². The predicted molar refractivity (Wildman–Crippen MR) is 73.8 cm³/mol. The summed E-state index contributed by atoms with van der Waals surface area (Å²) in [5.74, 6) is -0.408. The molecular formula is C15H20F3NO2. The molecule has 0 spiro atoms. The standard InChI is InChI=1S/C15H20F3NO2/c1-11(2)19(10-15(16,17)18)9-13-7-5-4-6-12(13)8-14(20)21-3/h4-7,11H,8-10H2,1-3H3. The van der Waals surface area contributed by atoms with Crippen LogP contribution in [0.4, 0.5) is 13.2 Å². The number of ether oxygens (including phenoxy) is 1. The van der Waals surface area contributed by atoms with Crippen molar-refractivity contribution < 1.29 is 22.7 Å². The van der Waals surface area contributed by atoms with Gasteiger partial charge in [0, 0.05) is 12.6 Å². The lowest BCUT2D eigenvalue weighted by Gasteiger charge is -2.28. The van der Waals surface area contributed by atoms with E-state index in [1.54, 1.807) is 38.1 Å². The molecule has 0 amide bonds. The van der Waals surface area contributed by atoms with Gasteiger partial charge in [-0.05, 0) is 25.0 Å². The molecule has 0 heterocycles. The molecule has 3 nitrogen and oxygen atoms in total. The number of esters is 1. The van der Waals surface area contributed by atoms with Crippen LogP contribution in [0.2, 0.25) is 0 Å². The molecule has 0 unspecified atom stereocenters. The first-order chi connectivity index (χ1) is 9.73. The minimum Gasteiger partial charge on any atom is -0.469 e. The van der Waals surface area contributed by atoms with Gasteiger partial charge in [0.1, 0.15) is 0 Å². The zero-order valence-corrected chi connectivity index (χ0v) is 12.4. The first-order valence-corrected chi connectivity index (χ1v) is 6.67. The summed E-state index contributed by atoms with van der Waals surface area (Å²) in [6, 6.07) is 6.73. The fraction of sp³-hybridized carbons (Fsp3) is 0.533. The average Bonchev–Trinajstić information content (AvgIpc) is 2.38. The van der Waals surface area contributed by atoms with Gasteiger partial charge in [0.2, 0.25) is 0 Å². The molecule has 0 bridgehead atoms. The molecule has 0 aromatic heterocycles. The lowest BCUT2D eigenvalue weighted by atomic mass is 10.0. The number of hydrogen-bond donors (Lipinski definition) is 0. The minimum absolute atomic E-state index is 0.0601. The van der Waals surface area contributed by atoms with Gasteiger partial charge < -0.3 is 4.74 Å². The van der Waals surface area contributed by atoms with Crippen molar-refractivity contribution in [1.82, 2.24) is 4.90 Å². The van der Waals surface area contributed by atoms with Crippen LogP contribution in [-0.2, 0) is 22.5 Å². The SMILES string of the molecule is COC(=O)Cc1ccccc1CN(CC(F)(F)F)C(C)C. The Kier molecular flexibility index (Phi) is 6.20. The van der Waals surface area contributed by atoms with Gasteiger partial charge in [0.05, 0.1) is 20.1 Å². The number of rotatable bonds is 6. The second kappa shape index (κ2) is 7.45. The number of halogens is 3. The third-order valence-corrected chi connectivity index (χ3v) is 3.17. The van der Waals surface area contributed by atoms with Crippen molar-refractivity contribution in [2.75, 3.05) is 13.7 Å². The Morgan fingerprint density at radius 1 is 1.24 bits per heavy atom. The lowest BCUT2D eigenvalue weighted by molar-refractivity contribution is -0.151. The van der Waals surface area contributed by atoms with Crippen LogP contribution in [0, 0.1) is 0 Å². The molecular weight excluding hydrogens is 283 g/mol. The topological polar surface area (TPSA) is 29.5 Å². The Morgan fingerprint density at radius 3 is 2.29 bits per heavy atom. The quantitative estimate of drug-likeness (QED) is 0.756. The summed E-state index contributed by atoms with van der Waals surface area (Å²) in [7, 11) is 1.29. The monoisotopic (exact) mass is 303 g/mol. The van der Waals surface area contributed by atoms with Gasteiger partial charge in [0.15, 0.2) is 0 Å². The molecule has 1 aromatic rings. The smallest absolute Gasteiger partial charge is 0.401 e. The van der Waals surface area contributed by atoms with Crippen molar-refractivity contribution in [3.63, 3.8) is 0 Å². The second-order valence-electron chi connectivity index (χ2n) is 5.14. The average molecular weight is 303 g/mol. The lowest BCUT2D eigenvalue weighted by Crippen LogP contribution is -2.38. The van der Waals surface area contributed by atoms with Gasteiger partial charge >= 0.3 is 12.1 Å². The molecule has 0 atom stereocenters. The summed E-state index contributed by atoms with van der Waals surface area (Å²) in [5.41, 5.74) is 1.40. The maximum Gasteiger partial charge on any atom is 0.401 e. The largest absolute Gasteiger partial charge is 0.469 e. The number of carbonyl (C=O) groups is 1. The van der Waals surface area contributed by atoms with Crippen molar-refractivity contribution >= 4 is 5.97 Å². The molecule has 118 valence electrons. The molecule has 1 rings (SSSR count). The van der Waals surface area contributed by atoms with Crippen molar-refractivity contribution in [3.8, 4) is 0 Å². The minimum atomic E-state index is -4.25. The van der Waals surface area contributed by atoms with Crippen LogP contribution in [0.5, 0.6) is 0 Å². The first kappa shape index (κ1) is 17.5. The Morgan fingerprint density at radius 2 is 1.81 bits per heavy atom. The van der Waals surface area contributed by atoms with Gasteiger partial charge in [-0.1, -0.05) is 24.3 Å². The Labute approximate surface area is 122 Å². The van der Waals surface area contributed by atoms with E-state index in [2.05, 4.69) is 4.74 Å². The predicted octanol–water partition coefficient (Wildman–Crippen LogP) is 3.17. The van der Waals surface area contributed by atoms with Crippen LogP contribution in [0.15, 0.2) is 24.3 Å². The maximum absolute atomic E-state index is 12.6. The third-order valence-electron chi connectivity index (χ3n) is 3.17. The van der Waals surface area contributed by atoms with E-state index in [4.69, 9.17) is 0 Å². The Hall–Kier alpha value is -1.56. The summed E-state index contributed by atoms with van der Waals surface area (Å²) >= 11 is 0. The van der Waals surface area contributed by atoms with Gasteiger partial charge in [0.25, 0.3) is 0 Å². The number of nitrogens with zero attached hydrogens (tertiary/aromatic N) is 1. The highest BCUT2D eigenvalue weighted by Crippen LogP contribution is 2.21. The number of benzene rings is 1. The van der Waals surface area contributed by atoms with E-state index in [1.165, 1.54) is 12.0 Å². The van der Waals surface area contributed by atoms with Crippen LogP contribution in [0.25, 0.3) is 0 Å².